The standard InChI is InChI=1S/C10H21ClN2/c1-9(2)10(8-13(3)4)12-7-5-6-11/h5-6,9-10,12H,7-8H2,1-4H3/b6-5+. The molecule has 0 aliphatic rings. The van der Waals surface area contributed by atoms with Crippen molar-refractivity contribution in [2.24, 2.45) is 5.92 Å². The van der Waals surface area contributed by atoms with E-state index in [2.05, 4.69) is 38.2 Å². The van der Waals surface area contributed by atoms with Crippen LogP contribution in [-0.4, -0.2) is 38.1 Å². The monoisotopic (exact) mass is 204 g/mol. The minimum absolute atomic E-state index is 0.530. The number of hydrogen-bond acceptors (Lipinski definition) is 2. The highest BCUT2D eigenvalue weighted by atomic mass is 35.5. The van der Waals surface area contributed by atoms with Gasteiger partial charge in [-0.3, -0.25) is 0 Å². The quantitative estimate of drug-likeness (QED) is 0.711. The fourth-order valence-electron chi connectivity index (χ4n) is 1.17. The third-order valence-corrected chi connectivity index (χ3v) is 2.13. The number of nitrogens with zero attached hydrogens (tertiary/aromatic N) is 1. The number of hydrogen-bond donors (Lipinski definition) is 1. The highest BCUT2D eigenvalue weighted by Gasteiger charge is 2.12. The van der Waals surface area contributed by atoms with Crippen LogP contribution in [-0.2, 0) is 0 Å². The summed E-state index contributed by atoms with van der Waals surface area (Å²) in [4.78, 5) is 2.20. The van der Waals surface area contributed by atoms with Crippen LogP contribution < -0.4 is 5.32 Å². The third-order valence-electron chi connectivity index (χ3n) is 1.95. The molecule has 0 heterocycles. The van der Waals surface area contributed by atoms with Gasteiger partial charge in [-0.1, -0.05) is 31.5 Å². The summed E-state index contributed by atoms with van der Waals surface area (Å²) in [6.45, 7) is 6.37. The van der Waals surface area contributed by atoms with Crippen molar-refractivity contribution in [2.45, 2.75) is 19.9 Å². The number of likely N-dealkylation sites (N-methyl/N-ethyl adjacent to an activating group) is 1. The van der Waals surface area contributed by atoms with Crippen LogP contribution in [0.2, 0.25) is 0 Å². The van der Waals surface area contributed by atoms with E-state index in [4.69, 9.17) is 11.6 Å². The van der Waals surface area contributed by atoms with Crippen LogP contribution in [0, 0.1) is 5.92 Å². The number of rotatable bonds is 6. The first kappa shape index (κ1) is 12.9. The summed E-state index contributed by atoms with van der Waals surface area (Å²) in [7, 11) is 4.18. The van der Waals surface area contributed by atoms with E-state index in [-0.39, 0.29) is 0 Å². The molecule has 0 saturated carbocycles. The maximum atomic E-state index is 5.44. The molecular formula is C10H21ClN2. The van der Waals surface area contributed by atoms with Crippen molar-refractivity contribution in [1.29, 1.82) is 0 Å². The van der Waals surface area contributed by atoms with Crippen LogP contribution in [0.15, 0.2) is 11.6 Å². The number of halogens is 1. The maximum absolute atomic E-state index is 5.44. The molecule has 13 heavy (non-hydrogen) atoms. The Hall–Kier alpha value is -0.0500. The van der Waals surface area contributed by atoms with E-state index in [1.54, 1.807) is 5.54 Å². The Bertz CT molecular complexity index is 144. The molecule has 0 rings (SSSR count). The molecule has 0 aromatic heterocycles. The Labute approximate surface area is 86.9 Å². The van der Waals surface area contributed by atoms with Crippen molar-refractivity contribution in [1.82, 2.24) is 10.2 Å². The van der Waals surface area contributed by atoms with Gasteiger partial charge in [0.25, 0.3) is 0 Å². The second-order valence-corrected chi connectivity index (χ2v) is 4.13. The topological polar surface area (TPSA) is 15.3 Å². The fraction of sp³-hybridized carbons (Fsp3) is 0.800. The van der Waals surface area contributed by atoms with Crippen LogP contribution >= 0.6 is 11.6 Å². The van der Waals surface area contributed by atoms with Crippen LogP contribution in [0.25, 0.3) is 0 Å². The molecule has 1 atom stereocenters. The lowest BCUT2D eigenvalue weighted by molar-refractivity contribution is 0.295. The lowest BCUT2D eigenvalue weighted by atomic mass is 10.0. The SMILES string of the molecule is CC(C)C(CN(C)C)NC/C=C/Cl. The van der Waals surface area contributed by atoms with Gasteiger partial charge in [-0.15, -0.1) is 0 Å². The van der Waals surface area contributed by atoms with E-state index in [9.17, 15) is 0 Å². The molecule has 2 nitrogen and oxygen atoms in total. The Balaban J connectivity index is 3.80. The average Bonchev–Trinajstić information content (AvgIpc) is 2.02. The van der Waals surface area contributed by atoms with Gasteiger partial charge >= 0.3 is 0 Å². The molecule has 0 saturated heterocycles. The lowest BCUT2D eigenvalue weighted by Gasteiger charge is -2.25. The van der Waals surface area contributed by atoms with Crippen molar-refractivity contribution in [3.05, 3.63) is 11.6 Å². The molecular weight excluding hydrogens is 184 g/mol. The molecule has 0 fully saturated rings. The summed E-state index contributed by atoms with van der Waals surface area (Å²) in [6.07, 6.45) is 1.92. The van der Waals surface area contributed by atoms with Crippen LogP contribution in [0.5, 0.6) is 0 Å². The predicted octanol–water partition coefficient (Wildman–Crippen LogP) is 1.91. The van der Waals surface area contributed by atoms with E-state index >= 15 is 0 Å². The molecule has 78 valence electrons. The molecule has 0 amide bonds. The lowest BCUT2D eigenvalue weighted by Crippen LogP contribution is -2.41. The van der Waals surface area contributed by atoms with Gasteiger partial charge in [-0.2, -0.15) is 0 Å². The van der Waals surface area contributed by atoms with Crippen molar-refractivity contribution < 1.29 is 0 Å². The highest BCUT2D eigenvalue weighted by molar-refractivity contribution is 6.25. The van der Waals surface area contributed by atoms with E-state index in [0.29, 0.717) is 12.0 Å². The average molecular weight is 205 g/mol. The summed E-state index contributed by atoms with van der Waals surface area (Å²) in [6, 6.07) is 0.530. The zero-order valence-electron chi connectivity index (χ0n) is 9.05. The largest absolute Gasteiger partial charge is 0.309 e. The predicted molar refractivity (Wildman–Crippen MR) is 60.2 cm³/mol. The Morgan fingerprint density at radius 3 is 2.38 bits per heavy atom. The summed E-state index contributed by atoms with van der Waals surface area (Å²) < 4.78 is 0. The Morgan fingerprint density at radius 1 is 1.38 bits per heavy atom. The van der Waals surface area contributed by atoms with Crippen molar-refractivity contribution in [3.63, 3.8) is 0 Å². The van der Waals surface area contributed by atoms with Gasteiger partial charge < -0.3 is 10.2 Å². The second-order valence-electron chi connectivity index (χ2n) is 3.88. The normalized spacial score (nSPS) is 14.7. The number of nitrogens with one attached hydrogen (secondary N) is 1. The molecule has 0 bridgehead atoms. The van der Waals surface area contributed by atoms with E-state index in [0.717, 1.165) is 13.1 Å². The van der Waals surface area contributed by atoms with Gasteiger partial charge in [0, 0.05) is 24.7 Å². The highest BCUT2D eigenvalue weighted by Crippen LogP contribution is 2.02. The van der Waals surface area contributed by atoms with Crippen molar-refractivity contribution >= 4 is 11.6 Å². The summed E-state index contributed by atoms with van der Waals surface area (Å²) in [5.74, 6) is 0.645. The fourth-order valence-corrected chi connectivity index (χ4v) is 1.26. The molecule has 3 heteroatoms. The summed E-state index contributed by atoms with van der Waals surface area (Å²) in [5.41, 5.74) is 1.56. The summed E-state index contributed by atoms with van der Waals surface area (Å²) in [5, 5.41) is 3.44. The molecule has 1 unspecified atom stereocenters. The molecule has 0 aliphatic carbocycles. The van der Waals surface area contributed by atoms with E-state index in [1.807, 2.05) is 6.08 Å². The Kier molecular flexibility index (Phi) is 7.33. The zero-order chi connectivity index (χ0) is 10.3. The van der Waals surface area contributed by atoms with Crippen LogP contribution in [0.4, 0.5) is 0 Å². The first-order valence-electron chi connectivity index (χ1n) is 4.71. The molecule has 0 aliphatic heterocycles. The molecule has 0 aromatic rings. The van der Waals surface area contributed by atoms with E-state index in [1.165, 1.54) is 0 Å². The smallest absolute Gasteiger partial charge is 0.0220 e. The first-order chi connectivity index (χ1) is 6.07. The maximum Gasteiger partial charge on any atom is 0.0220 e. The molecule has 1 N–H and O–H groups in total. The van der Waals surface area contributed by atoms with Gasteiger partial charge in [0.05, 0.1) is 0 Å². The molecule has 0 radical (unpaired) electrons. The summed E-state index contributed by atoms with van der Waals surface area (Å²) >= 11 is 5.44. The van der Waals surface area contributed by atoms with Crippen molar-refractivity contribution in [3.8, 4) is 0 Å². The van der Waals surface area contributed by atoms with Crippen LogP contribution in [0.1, 0.15) is 13.8 Å². The minimum atomic E-state index is 0.530. The van der Waals surface area contributed by atoms with Crippen molar-refractivity contribution in [2.75, 3.05) is 27.2 Å². The van der Waals surface area contributed by atoms with Gasteiger partial charge in [0.15, 0.2) is 0 Å². The minimum Gasteiger partial charge on any atom is -0.309 e. The van der Waals surface area contributed by atoms with Gasteiger partial charge in [-0.25, -0.2) is 0 Å². The molecule has 0 spiro atoms. The van der Waals surface area contributed by atoms with Gasteiger partial charge in [0.2, 0.25) is 0 Å². The van der Waals surface area contributed by atoms with Crippen LogP contribution in [0.3, 0.4) is 0 Å². The van der Waals surface area contributed by atoms with Gasteiger partial charge in [0.1, 0.15) is 0 Å². The van der Waals surface area contributed by atoms with Gasteiger partial charge in [-0.05, 0) is 20.0 Å². The third kappa shape index (κ3) is 7.05. The zero-order valence-corrected chi connectivity index (χ0v) is 9.80. The second kappa shape index (κ2) is 7.36. The first-order valence-corrected chi connectivity index (χ1v) is 5.15. The Morgan fingerprint density at radius 2 is 2.00 bits per heavy atom. The van der Waals surface area contributed by atoms with E-state index < -0.39 is 0 Å². The molecule has 0 aromatic carbocycles.